The Hall–Kier alpha value is -2.41. The molecule has 0 saturated carbocycles. The van der Waals surface area contributed by atoms with E-state index in [-0.39, 0.29) is 5.91 Å². The number of nitrogen functional groups attached to an aromatic ring is 1. The van der Waals surface area contributed by atoms with Crippen molar-refractivity contribution in [3.05, 3.63) is 41.7 Å². The van der Waals surface area contributed by atoms with E-state index in [0.29, 0.717) is 17.8 Å². The van der Waals surface area contributed by atoms with Gasteiger partial charge in [0, 0.05) is 19.3 Å². The number of benzene rings is 1. The molecular formula is C13H18N6O. The molecule has 0 radical (unpaired) electrons. The number of aromatic nitrogens is 3. The first kappa shape index (κ1) is 14.0. The molecule has 0 atom stereocenters. The molecule has 0 fully saturated rings. The normalized spacial score (nSPS) is 10.3. The van der Waals surface area contributed by atoms with Crippen LogP contribution >= 0.6 is 0 Å². The van der Waals surface area contributed by atoms with Gasteiger partial charge in [-0.05, 0) is 31.0 Å². The highest BCUT2D eigenvalue weighted by Crippen LogP contribution is 2.16. The van der Waals surface area contributed by atoms with E-state index in [1.165, 1.54) is 0 Å². The minimum atomic E-state index is -0.142. The van der Waals surface area contributed by atoms with Gasteiger partial charge in [-0.25, -0.2) is 0 Å². The van der Waals surface area contributed by atoms with Crippen LogP contribution in [0.4, 0.5) is 5.69 Å². The molecule has 0 aliphatic carbocycles. The summed E-state index contributed by atoms with van der Waals surface area (Å²) in [6.45, 7) is 3.23. The van der Waals surface area contributed by atoms with Gasteiger partial charge in [0.2, 0.25) is 0 Å². The minimum Gasteiger partial charge on any atom is -0.352 e. The van der Waals surface area contributed by atoms with Crippen LogP contribution in [0, 0.1) is 6.92 Å². The summed E-state index contributed by atoms with van der Waals surface area (Å²) < 4.78 is 1.73. The lowest BCUT2D eigenvalue weighted by molar-refractivity contribution is 0.0953. The average molecular weight is 274 g/mol. The highest BCUT2D eigenvalue weighted by molar-refractivity contribution is 5.99. The lowest BCUT2D eigenvalue weighted by atomic mass is 10.1. The first-order valence-corrected chi connectivity index (χ1v) is 6.40. The van der Waals surface area contributed by atoms with Gasteiger partial charge in [0.25, 0.3) is 5.91 Å². The van der Waals surface area contributed by atoms with Crippen LogP contribution in [-0.4, -0.2) is 27.4 Å². The van der Waals surface area contributed by atoms with Crippen LogP contribution in [0.3, 0.4) is 0 Å². The van der Waals surface area contributed by atoms with Gasteiger partial charge in [-0.2, -0.15) is 0 Å². The first-order valence-electron chi connectivity index (χ1n) is 6.40. The summed E-state index contributed by atoms with van der Waals surface area (Å²) in [6, 6.07) is 5.48. The number of aryl methyl sites for hydroxylation is 2. The monoisotopic (exact) mass is 274 g/mol. The molecule has 0 spiro atoms. The summed E-state index contributed by atoms with van der Waals surface area (Å²) in [5, 5.41) is 10.4. The molecule has 0 aliphatic heterocycles. The Kier molecular flexibility index (Phi) is 4.67. The third kappa shape index (κ3) is 3.55. The summed E-state index contributed by atoms with van der Waals surface area (Å²) in [6.07, 6.45) is 4.20. The predicted octanol–water partition coefficient (Wildman–Crippen LogP) is 0.692. The van der Waals surface area contributed by atoms with Crippen LogP contribution in [0.2, 0.25) is 0 Å². The van der Waals surface area contributed by atoms with E-state index in [9.17, 15) is 4.79 Å². The Morgan fingerprint density at radius 2 is 2.30 bits per heavy atom. The molecule has 7 heteroatoms. The zero-order chi connectivity index (χ0) is 14.4. The van der Waals surface area contributed by atoms with Gasteiger partial charge in [0.15, 0.2) is 0 Å². The van der Waals surface area contributed by atoms with Crippen molar-refractivity contribution in [1.82, 2.24) is 20.3 Å². The molecular weight excluding hydrogens is 256 g/mol. The minimum absolute atomic E-state index is 0.142. The van der Waals surface area contributed by atoms with Gasteiger partial charge in [-0.1, -0.05) is 11.3 Å². The molecule has 2 rings (SSSR count). The number of carbonyl (C=O) groups excluding carboxylic acids is 1. The number of carbonyl (C=O) groups is 1. The Morgan fingerprint density at radius 3 is 3.00 bits per heavy atom. The second-order valence-corrected chi connectivity index (χ2v) is 4.47. The summed E-state index contributed by atoms with van der Waals surface area (Å²) in [5.41, 5.74) is 4.75. The van der Waals surface area contributed by atoms with Crippen LogP contribution in [0.15, 0.2) is 30.6 Å². The molecule has 7 nitrogen and oxygen atoms in total. The maximum absolute atomic E-state index is 12.1. The van der Waals surface area contributed by atoms with Crippen LogP contribution < -0.4 is 16.6 Å². The van der Waals surface area contributed by atoms with E-state index in [4.69, 9.17) is 5.84 Å². The second kappa shape index (κ2) is 6.67. The molecule has 1 aromatic carbocycles. The largest absolute Gasteiger partial charge is 0.352 e. The number of rotatable bonds is 6. The van der Waals surface area contributed by atoms with Crippen LogP contribution in [0.25, 0.3) is 0 Å². The van der Waals surface area contributed by atoms with Crippen LogP contribution in [0.5, 0.6) is 0 Å². The smallest absolute Gasteiger partial charge is 0.253 e. The van der Waals surface area contributed by atoms with Crippen molar-refractivity contribution in [2.75, 3.05) is 12.0 Å². The van der Waals surface area contributed by atoms with Crippen molar-refractivity contribution >= 4 is 11.6 Å². The topological polar surface area (TPSA) is 97.9 Å². The summed E-state index contributed by atoms with van der Waals surface area (Å²) >= 11 is 0. The van der Waals surface area contributed by atoms with E-state index in [1.54, 1.807) is 23.1 Å². The molecule has 1 aromatic heterocycles. The maximum atomic E-state index is 12.1. The average Bonchev–Trinajstić information content (AvgIpc) is 2.96. The second-order valence-electron chi connectivity index (χ2n) is 4.47. The van der Waals surface area contributed by atoms with Crippen molar-refractivity contribution < 1.29 is 4.79 Å². The fourth-order valence-corrected chi connectivity index (χ4v) is 1.87. The van der Waals surface area contributed by atoms with E-state index in [2.05, 4.69) is 21.1 Å². The van der Waals surface area contributed by atoms with Crippen LogP contribution in [0.1, 0.15) is 22.3 Å². The highest BCUT2D eigenvalue weighted by Gasteiger charge is 2.10. The number of hydrazine groups is 1. The van der Waals surface area contributed by atoms with Crippen molar-refractivity contribution in [2.24, 2.45) is 5.84 Å². The maximum Gasteiger partial charge on any atom is 0.253 e. The standard InChI is InChI=1S/C13H18N6O/c1-10-3-4-11(12(9-10)17-14)13(20)15-5-2-7-19-8-6-16-18-19/h3-4,6,8-9,17H,2,5,7,14H2,1H3,(H,15,20). The molecule has 106 valence electrons. The Labute approximate surface area is 117 Å². The molecule has 0 bridgehead atoms. The Balaban J connectivity index is 1.85. The lowest BCUT2D eigenvalue weighted by Gasteiger charge is -2.10. The number of anilines is 1. The van der Waals surface area contributed by atoms with Crippen molar-refractivity contribution in [3.8, 4) is 0 Å². The zero-order valence-corrected chi connectivity index (χ0v) is 11.3. The Bertz CT molecular complexity index is 566. The van der Waals surface area contributed by atoms with Gasteiger partial charge in [-0.15, -0.1) is 5.10 Å². The SMILES string of the molecule is Cc1ccc(C(=O)NCCCn2ccnn2)c(NN)c1. The molecule has 0 saturated heterocycles. The highest BCUT2D eigenvalue weighted by atomic mass is 16.1. The third-order valence-corrected chi connectivity index (χ3v) is 2.90. The van der Waals surface area contributed by atoms with Crippen molar-refractivity contribution in [3.63, 3.8) is 0 Å². The quantitative estimate of drug-likeness (QED) is 0.409. The number of hydrogen-bond donors (Lipinski definition) is 3. The Morgan fingerprint density at radius 1 is 1.45 bits per heavy atom. The van der Waals surface area contributed by atoms with Crippen molar-refractivity contribution in [2.45, 2.75) is 19.9 Å². The summed E-state index contributed by atoms with van der Waals surface area (Å²) in [5.74, 6) is 5.29. The number of nitrogens with two attached hydrogens (primary N) is 1. The third-order valence-electron chi connectivity index (χ3n) is 2.90. The van der Waals surface area contributed by atoms with Crippen LogP contribution in [-0.2, 0) is 6.54 Å². The molecule has 1 heterocycles. The van der Waals surface area contributed by atoms with Gasteiger partial charge in [-0.3, -0.25) is 15.3 Å². The summed E-state index contributed by atoms with van der Waals surface area (Å²) in [4.78, 5) is 12.1. The molecule has 4 N–H and O–H groups in total. The molecule has 0 unspecified atom stereocenters. The number of nitrogens with one attached hydrogen (secondary N) is 2. The number of nitrogens with zero attached hydrogens (tertiary/aromatic N) is 3. The molecule has 20 heavy (non-hydrogen) atoms. The van der Waals surface area contributed by atoms with E-state index in [1.807, 2.05) is 19.1 Å². The fourth-order valence-electron chi connectivity index (χ4n) is 1.87. The lowest BCUT2D eigenvalue weighted by Crippen LogP contribution is -2.27. The predicted molar refractivity (Wildman–Crippen MR) is 76.0 cm³/mol. The van der Waals surface area contributed by atoms with Gasteiger partial charge >= 0.3 is 0 Å². The van der Waals surface area contributed by atoms with E-state index in [0.717, 1.165) is 18.5 Å². The zero-order valence-electron chi connectivity index (χ0n) is 11.3. The van der Waals surface area contributed by atoms with E-state index < -0.39 is 0 Å². The van der Waals surface area contributed by atoms with Crippen molar-refractivity contribution in [1.29, 1.82) is 0 Å². The van der Waals surface area contributed by atoms with Gasteiger partial charge in [0.1, 0.15) is 0 Å². The number of amides is 1. The molecule has 2 aromatic rings. The number of hydrogen-bond acceptors (Lipinski definition) is 5. The van der Waals surface area contributed by atoms with Gasteiger partial charge < -0.3 is 10.7 Å². The van der Waals surface area contributed by atoms with Gasteiger partial charge in [0.05, 0.1) is 17.4 Å². The molecule has 0 aliphatic rings. The fraction of sp³-hybridized carbons (Fsp3) is 0.308. The molecule has 1 amide bonds. The van der Waals surface area contributed by atoms with E-state index >= 15 is 0 Å². The summed E-state index contributed by atoms with van der Waals surface area (Å²) in [7, 11) is 0. The first-order chi connectivity index (χ1) is 9.70.